The van der Waals surface area contributed by atoms with Gasteiger partial charge in [0.25, 0.3) is 0 Å². The van der Waals surface area contributed by atoms with Gasteiger partial charge >= 0.3 is 0 Å². The first-order chi connectivity index (χ1) is 13.7. The van der Waals surface area contributed by atoms with Crippen LogP contribution < -0.4 is 20.6 Å². The number of nitrogens with zero attached hydrogens (tertiary/aromatic N) is 2. The molecule has 0 bridgehead atoms. The Labute approximate surface area is 166 Å². The lowest BCUT2D eigenvalue weighted by Crippen LogP contribution is -2.35. The van der Waals surface area contributed by atoms with Crippen LogP contribution in [0.25, 0.3) is 21.8 Å². The summed E-state index contributed by atoms with van der Waals surface area (Å²) in [5.74, 6) is 0. The molecule has 0 saturated heterocycles. The highest BCUT2D eigenvalue weighted by molar-refractivity contribution is 5.88. The Morgan fingerprint density at radius 2 is 0.964 bits per heavy atom. The molecule has 0 unspecified atom stereocenters. The van der Waals surface area contributed by atoms with Gasteiger partial charge in [-0.25, -0.2) is 0 Å². The number of fused-ring (bicyclic) bond motifs is 2. The number of aromatic nitrogens is 2. The van der Waals surface area contributed by atoms with Gasteiger partial charge in [0, 0.05) is 37.1 Å². The summed E-state index contributed by atoms with van der Waals surface area (Å²) in [4.78, 5) is 0. The monoisotopic (exact) mass is 372 g/mol. The van der Waals surface area contributed by atoms with Gasteiger partial charge in [0.2, 0.25) is 11.0 Å². The first-order valence-electron chi connectivity index (χ1n) is 10.1. The molecule has 28 heavy (non-hydrogen) atoms. The standard InChI is InChI=1S/C24H26N4/c25-21-13-17-27(23-11-5-3-9-19(21)23)15-7-1-2-8-16-28-18-14-22(26)20-10-4-6-12-24(20)28/h3-6,9-14,17-18,25-26H,1-2,7-8,15-16H2/p+2. The molecule has 0 atom stereocenters. The Balaban J connectivity index is 1.31. The quantitative estimate of drug-likeness (QED) is 0.381. The summed E-state index contributed by atoms with van der Waals surface area (Å²) in [6.45, 7) is 2.05. The smallest absolute Gasteiger partial charge is 0.214 e. The van der Waals surface area contributed by atoms with Crippen LogP contribution in [0.2, 0.25) is 0 Å². The third kappa shape index (κ3) is 3.77. The molecule has 0 aliphatic carbocycles. The van der Waals surface area contributed by atoms with Gasteiger partial charge in [0.15, 0.2) is 12.4 Å². The van der Waals surface area contributed by atoms with Crippen molar-refractivity contribution in [3.05, 3.63) is 73.1 Å². The van der Waals surface area contributed by atoms with E-state index in [1.165, 1.54) is 36.7 Å². The average Bonchev–Trinajstić information content (AvgIpc) is 2.74. The Morgan fingerprint density at radius 3 is 1.43 bits per heavy atom. The van der Waals surface area contributed by atoms with Crippen molar-refractivity contribution < 1.29 is 9.13 Å². The Morgan fingerprint density at radius 1 is 0.536 bits per heavy atom. The zero-order valence-electron chi connectivity index (χ0n) is 16.2. The largest absolute Gasteiger partial charge is 0.398 e. The van der Waals surface area contributed by atoms with Gasteiger partial charge in [0.1, 0.15) is 13.1 Å². The molecule has 2 aromatic carbocycles. The zero-order valence-corrected chi connectivity index (χ0v) is 16.2. The number of rotatable bonds is 7. The van der Waals surface area contributed by atoms with Crippen LogP contribution in [-0.2, 0) is 13.1 Å². The van der Waals surface area contributed by atoms with E-state index in [-0.39, 0.29) is 0 Å². The van der Waals surface area contributed by atoms with Crippen molar-refractivity contribution in [1.82, 2.24) is 0 Å². The number of unbranched alkanes of at least 4 members (excludes halogenated alkanes) is 3. The van der Waals surface area contributed by atoms with E-state index in [0.717, 1.165) is 35.2 Å². The lowest BCUT2D eigenvalue weighted by Gasteiger charge is -2.05. The zero-order chi connectivity index (χ0) is 19.3. The fourth-order valence-corrected chi connectivity index (χ4v) is 3.92. The normalized spacial score (nSPS) is 11.3. The fourth-order valence-electron chi connectivity index (χ4n) is 3.92. The number of para-hydroxylation sites is 2. The third-order valence-corrected chi connectivity index (χ3v) is 5.47. The van der Waals surface area contributed by atoms with E-state index in [0.29, 0.717) is 0 Å². The van der Waals surface area contributed by atoms with E-state index in [1.54, 1.807) is 0 Å². The van der Waals surface area contributed by atoms with Crippen LogP contribution >= 0.6 is 0 Å². The number of benzene rings is 2. The maximum atomic E-state index is 6.10. The summed E-state index contributed by atoms with van der Waals surface area (Å²) in [5.41, 5.74) is 16.3. The summed E-state index contributed by atoms with van der Waals surface area (Å²) < 4.78 is 4.63. The Hall–Kier alpha value is -3.14. The lowest BCUT2D eigenvalue weighted by molar-refractivity contribution is -0.673. The van der Waals surface area contributed by atoms with Crippen LogP contribution in [0.3, 0.4) is 0 Å². The molecule has 0 aliphatic rings. The van der Waals surface area contributed by atoms with Crippen molar-refractivity contribution >= 4 is 33.2 Å². The SMILES string of the molecule is Nc1cc[n+](CCCCCC[n+]2ccc(N)c3ccccc32)c2ccccc12. The highest BCUT2D eigenvalue weighted by atomic mass is 15.0. The molecule has 142 valence electrons. The first-order valence-corrected chi connectivity index (χ1v) is 10.1. The first kappa shape index (κ1) is 18.2. The molecule has 2 heterocycles. The van der Waals surface area contributed by atoms with Gasteiger partial charge in [-0.1, -0.05) is 24.3 Å². The summed E-state index contributed by atoms with van der Waals surface area (Å²) in [6, 6.07) is 20.7. The molecule has 4 heteroatoms. The number of anilines is 2. The molecular weight excluding hydrogens is 344 g/mol. The van der Waals surface area contributed by atoms with Crippen molar-refractivity contribution in [2.45, 2.75) is 38.8 Å². The van der Waals surface area contributed by atoms with Crippen LogP contribution in [0, 0.1) is 0 Å². The number of nitrogens with two attached hydrogens (primary N) is 2. The molecule has 4 N–H and O–H groups in total. The predicted octanol–water partition coefficient (Wildman–Crippen LogP) is 3.99. The molecule has 4 rings (SSSR count). The van der Waals surface area contributed by atoms with Crippen molar-refractivity contribution in [1.29, 1.82) is 0 Å². The Kier molecular flexibility index (Phi) is 5.38. The summed E-state index contributed by atoms with van der Waals surface area (Å²) in [5, 5.41) is 2.27. The van der Waals surface area contributed by atoms with Crippen molar-refractivity contribution in [2.24, 2.45) is 0 Å². The van der Waals surface area contributed by atoms with E-state index in [2.05, 4.69) is 57.9 Å². The fraction of sp³-hybridized carbons (Fsp3) is 0.250. The van der Waals surface area contributed by atoms with E-state index in [4.69, 9.17) is 11.5 Å². The van der Waals surface area contributed by atoms with Crippen LogP contribution in [0.4, 0.5) is 11.4 Å². The van der Waals surface area contributed by atoms with Crippen LogP contribution in [0.15, 0.2) is 73.1 Å². The summed E-state index contributed by atoms with van der Waals surface area (Å²) in [7, 11) is 0. The van der Waals surface area contributed by atoms with E-state index >= 15 is 0 Å². The van der Waals surface area contributed by atoms with E-state index in [1.807, 2.05) is 24.3 Å². The lowest BCUT2D eigenvalue weighted by atomic mass is 10.1. The number of hydrogen-bond acceptors (Lipinski definition) is 2. The van der Waals surface area contributed by atoms with Gasteiger partial charge in [-0.15, -0.1) is 0 Å². The highest BCUT2D eigenvalue weighted by Crippen LogP contribution is 2.18. The highest BCUT2D eigenvalue weighted by Gasteiger charge is 2.12. The topological polar surface area (TPSA) is 59.8 Å². The number of aryl methyl sites for hydroxylation is 2. The maximum absolute atomic E-state index is 6.10. The van der Waals surface area contributed by atoms with Gasteiger partial charge in [0.05, 0.1) is 22.1 Å². The van der Waals surface area contributed by atoms with Crippen LogP contribution in [0.5, 0.6) is 0 Å². The van der Waals surface area contributed by atoms with Crippen LogP contribution in [0.1, 0.15) is 25.7 Å². The van der Waals surface area contributed by atoms with E-state index in [9.17, 15) is 0 Å². The number of nitrogen functional groups attached to an aromatic ring is 2. The van der Waals surface area contributed by atoms with Crippen molar-refractivity contribution in [3.8, 4) is 0 Å². The third-order valence-electron chi connectivity index (χ3n) is 5.47. The molecule has 2 aromatic heterocycles. The second-order valence-corrected chi connectivity index (χ2v) is 7.38. The molecule has 4 nitrogen and oxygen atoms in total. The minimum atomic E-state index is 0.847. The van der Waals surface area contributed by atoms with E-state index < -0.39 is 0 Å². The second kappa shape index (κ2) is 8.26. The molecule has 0 saturated carbocycles. The predicted molar refractivity (Wildman–Crippen MR) is 116 cm³/mol. The molecule has 0 spiro atoms. The van der Waals surface area contributed by atoms with Gasteiger partial charge < -0.3 is 11.5 Å². The molecule has 0 amide bonds. The average molecular weight is 373 g/mol. The molecule has 0 fully saturated rings. The van der Waals surface area contributed by atoms with Gasteiger partial charge in [-0.3, -0.25) is 0 Å². The summed E-state index contributed by atoms with van der Waals surface area (Å²) >= 11 is 0. The summed E-state index contributed by atoms with van der Waals surface area (Å²) in [6.07, 6.45) is 9.00. The molecule has 0 aliphatic heterocycles. The molecule has 4 aromatic rings. The van der Waals surface area contributed by atoms with Gasteiger partial charge in [-0.2, -0.15) is 9.13 Å². The number of hydrogen-bond donors (Lipinski definition) is 2. The minimum Gasteiger partial charge on any atom is -0.398 e. The number of pyridine rings is 2. The second-order valence-electron chi connectivity index (χ2n) is 7.38. The van der Waals surface area contributed by atoms with Crippen molar-refractivity contribution in [2.75, 3.05) is 11.5 Å². The molecular formula is C24H28N4+2. The molecule has 0 radical (unpaired) electrons. The maximum Gasteiger partial charge on any atom is 0.214 e. The minimum absolute atomic E-state index is 0.847. The van der Waals surface area contributed by atoms with Gasteiger partial charge in [-0.05, 0) is 25.0 Å². The van der Waals surface area contributed by atoms with Crippen molar-refractivity contribution in [3.63, 3.8) is 0 Å². The Bertz CT molecular complexity index is 1010. The van der Waals surface area contributed by atoms with Crippen LogP contribution in [-0.4, -0.2) is 0 Å².